The Kier molecular flexibility index (Phi) is 6.83. The van der Waals surface area contributed by atoms with Gasteiger partial charge >= 0.3 is 11.8 Å². The highest BCUT2D eigenvalue weighted by Crippen LogP contribution is 2.17. The molecule has 3 N–H and O–H groups in total. The second-order valence-electron chi connectivity index (χ2n) is 4.49. The van der Waals surface area contributed by atoms with Gasteiger partial charge in [0.2, 0.25) is 6.41 Å². The summed E-state index contributed by atoms with van der Waals surface area (Å²) >= 11 is 0. The van der Waals surface area contributed by atoms with E-state index in [-0.39, 0.29) is 6.04 Å². The molecular weight excluding hydrogens is 234 g/mol. The first-order chi connectivity index (χ1) is 8.74. The van der Waals surface area contributed by atoms with E-state index in [4.69, 9.17) is 0 Å². The lowest BCUT2D eigenvalue weighted by molar-refractivity contribution is -0.139. The van der Waals surface area contributed by atoms with Crippen molar-refractivity contribution in [3.63, 3.8) is 0 Å². The zero-order chi connectivity index (χ0) is 13.2. The van der Waals surface area contributed by atoms with Crippen molar-refractivity contribution in [1.82, 2.24) is 16.0 Å². The first kappa shape index (κ1) is 14.5. The Morgan fingerprint density at radius 1 is 1.06 bits per heavy atom. The zero-order valence-electron chi connectivity index (χ0n) is 10.5. The standard InChI is InChI=1S/C12H21N3O3/c16-9-13-7-4-8-14-11(17)12(18)15-10-5-2-1-3-6-10/h9-10H,1-8H2,(H,13,16)(H,14,17)(H,15,18). The normalized spacial score (nSPS) is 15.8. The molecule has 0 aromatic heterocycles. The van der Waals surface area contributed by atoms with Gasteiger partial charge in [-0.15, -0.1) is 0 Å². The van der Waals surface area contributed by atoms with Crippen LogP contribution in [0.1, 0.15) is 38.5 Å². The molecule has 1 aliphatic carbocycles. The monoisotopic (exact) mass is 255 g/mol. The average Bonchev–Trinajstić information content (AvgIpc) is 2.39. The molecule has 0 heterocycles. The van der Waals surface area contributed by atoms with Crippen molar-refractivity contribution in [3.05, 3.63) is 0 Å². The Morgan fingerprint density at radius 2 is 1.78 bits per heavy atom. The average molecular weight is 255 g/mol. The van der Waals surface area contributed by atoms with Crippen molar-refractivity contribution >= 4 is 18.2 Å². The highest BCUT2D eigenvalue weighted by molar-refractivity contribution is 6.35. The van der Waals surface area contributed by atoms with Crippen LogP contribution in [0.4, 0.5) is 0 Å². The third-order valence-corrected chi connectivity index (χ3v) is 3.01. The number of rotatable bonds is 6. The van der Waals surface area contributed by atoms with Gasteiger partial charge in [-0.1, -0.05) is 19.3 Å². The summed E-state index contributed by atoms with van der Waals surface area (Å²) in [6.45, 7) is 0.881. The van der Waals surface area contributed by atoms with Gasteiger partial charge in [0.1, 0.15) is 0 Å². The van der Waals surface area contributed by atoms with Gasteiger partial charge in [0.15, 0.2) is 0 Å². The van der Waals surface area contributed by atoms with E-state index >= 15 is 0 Å². The molecule has 0 aromatic carbocycles. The van der Waals surface area contributed by atoms with Crippen molar-refractivity contribution in [2.75, 3.05) is 13.1 Å². The second-order valence-corrected chi connectivity index (χ2v) is 4.49. The molecule has 18 heavy (non-hydrogen) atoms. The molecule has 3 amide bonds. The molecule has 1 rings (SSSR count). The smallest absolute Gasteiger partial charge is 0.309 e. The molecule has 1 aliphatic rings. The van der Waals surface area contributed by atoms with E-state index in [1.54, 1.807) is 0 Å². The third kappa shape index (κ3) is 5.65. The van der Waals surface area contributed by atoms with Crippen molar-refractivity contribution in [3.8, 4) is 0 Å². The topological polar surface area (TPSA) is 87.3 Å². The Hall–Kier alpha value is -1.59. The van der Waals surface area contributed by atoms with Crippen LogP contribution < -0.4 is 16.0 Å². The largest absolute Gasteiger partial charge is 0.359 e. The maximum absolute atomic E-state index is 11.5. The van der Waals surface area contributed by atoms with Crippen molar-refractivity contribution in [2.24, 2.45) is 0 Å². The molecule has 6 heteroatoms. The molecule has 1 fully saturated rings. The Bertz CT molecular complexity index is 288. The van der Waals surface area contributed by atoms with Crippen LogP contribution in [0.3, 0.4) is 0 Å². The fourth-order valence-corrected chi connectivity index (χ4v) is 2.03. The molecule has 102 valence electrons. The number of hydrogen-bond acceptors (Lipinski definition) is 3. The van der Waals surface area contributed by atoms with Gasteiger partial charge in [0.25, 0.3) is 0 Å². The molecule has 0 aliphatic heterocycles. The van der Waals surface area contributed by atoms with Crippen molar-refractivity contribution in [1.29, 1.82) is 0 Å². The fraction of sp³-hybridized carbons (Fsp3) is 0.750. The first-order valence-corrected chi connectivity index (χ1v) is 6.49. The summed E-state index contributed by atoms with van der Waals surface area (Å²) in [6.07, 6.45) is 6.58. The van der Waals surface area contributed by atoms with Gasteiger partial charge in [-0.05, 0) is 19.3 Å². The van der Waals surface area contributed by atoms with Crippen LogP contribution in [-0.4, -0.2) is 37.4 Å². The van der Waals surface area contributed by atoms with Crippen molar-refractivity contribution in [2.45, 2.75) is 44.6 Å². The number of hydrogen-bond donors (Lipinski definition) is 3. The molecule has 0 atom stereocenters. The third-order valence-electron chi connectivity index (χ3n) is 3.01. The van der Waals surface area contributed by atoms with Crippen molar-refractivity contribution < 1.29 is 14.4 Å². The number of nitrogens with one attached hydrogen (secondary N) is 3. The Balaban J connectivity index is 2.12. The van der Waals surface area contributed by atoms with E-state index in [1.807, 2.05) is 0 Å². The molecule has 0 unspecified atom stereocenters. The predicted octanol–water partition coefficient (Wildman–Crippen LogP) is -0.312. The molecule has 0 aromatic rings. The van der Waals surface area contributed by atoms with Crippen LogP contribution in [0.15, 0.2) is 0 Å². The summed E-state index contributed by atoms with van der Waals surface area (Å²) in [5, 5.41) is 7.76. The van der Waals surface area contributed by atoms with Crippen LogP contribution in [0.25, 0.3) is 0 Å². The molecule has 1 saturated carbocycles. The van der Waals surface area contributed by atoms with Gasteiger partial charge < -0.3 is 16.0 Å². The number of carbonyl (C=O) groups is 3. The van der Waals surface area contributed by atoms with Crippen LogP contribution in [0.2, 0.25) is 0 Å². The van der Waals surface area contributed by atoms with E-state index in [1.165, 1.54) is 6.42 Å². The van der Waals surface area contributed by atoms with Crippen LogP contribution in [0.5, 0.6) is 0 Å². The summed E-state index contributed by atoms with van der Waals surface area (Å²) in [6, 6.07) is 0.147. The van der Waals surface area contributed by atoms with E-state index in [9.17, 15) is 14.4 Å². The molecule has 0 saturated heterocycles. The SMILES string of the molecule is O=CNCCCNC(=O)C(=O)NC1CCCCC1. The molecule has 0 bridgehead atoms. The lowest BCUT2D eigenvalue weighted by Crippen LogP contribution is -2.45. The Morgan fingerprint density at radius 3 is 2.44 bits per heavy atom. The van der Waals surface area contributed by atoms with E-state index < -0.39 is 11.8 Å². The van der Waals surface area contributed by atoms with Gasteiger partial charge in [-0.25, -0.2) is 0 Å². The lowest BCUT2D eigenvalue weighted by Gasteiger charge is -2.22. The van der Waals surface area contributed by atoms with E-state index in [2.05, 4.69) is 16.0 Å². The molecular formula is C12H21N3O3. The van der Waals surface area contributed by atoms with Gasteiger partial charge in [0.05, 0.1) is 0 Å². The maximum atomic E-state index is 11.5. The fourth-order valence-electron chi connectivity index (χ4n) is 2.03. The number of amides is 3. The molecule has 0 radical (unpaired) electrons. The van der Waals surface area contributed by atoms with Crippen LogP contribution in [0, 0.1) is 0 Å². The van der Waals surface area contributed by atoms with Crippen LogP contribution >= 0.6 is 0 Å². The Labute approximate surface area is 107 Å². The summed E-state index contributed by atoms with van der Waals surface area (Å²) < 4.78 is 0. The molecule has 0 spiro atoms. The summed E-state index contributed by atoms with van der Waals surface area (Å²) in [5.41, 5.74) is 0. The minimum Gasteiger partial charge on any atom is -0.359 e. The van der Waals surface area contributed by atoms with Gasteiger partial charge in [0, 0.05) is 19.1 Å². The number of carbonyl (C=O) groups excluding carboxylic acids is 3. The highest BCUT2D eigenvalue weighted by atomic mass is 16.2. The lowest BCUT2D eigenvalue weighted by atomic mass is 9.95. The minimum atomic E-state index is -0.591. The van der Waals surface area contributed by atoms with Gasteiger partial charge in [-0.2, -0.15) is 0 Å². The minimum absolute atomic E-state index is 0.147. The first-order valence-electron chi connectivity index (χ1n) is 6.49. The van der Waals surface area contributed by atoms with Crippen LogP contribution in [-0.2, 0) is 14.4 Å². The van der Waals surface area contributed by atoms with Gasteiger partial charge in [-0.3, -0.25) is 14.4 Å². The molecule has 6 nitrogen and oxygen atoms in total. The quantitative estimate of drug-likeness (QED) is 0.345. The summed E-state index contributed by atoms with van der Waals surface area (Å²) in [5.74, 6) is -1.14. The second kappa shape index (κ2) is 8.49. The summed E-state index contributed by atoms with van der Waals surface area (Å²) in [4.78, 5) is 32.9. The zero-order valence-corrected chi connectivity index (χ0v) is 10.5. The highest BCUT2D eigenvalue weighted by Gasteiger charge is 2.19. The maximum Gasteiger partial charge on any atom is 0.309 e. The van der Waals surface area contributed by atoms with E-state index in [0.29, 0.717) is 25.9 Å². The predicted molar refractivity (Wildman–Crippen MR) is 66.7 cm³/mol. The van der Waals surface area contributed by atoms with E-state index in [0.717, 1.165) is 25.7 Å². The summed E-state index contributed by atoms with van der Waals surface area (Å²) in [7, 11) is 0.